The van der Waals surface area contributed by atoms with Crippen LogP contribution in [0.5, 0.6) is 11.5 Å². The molecule has 210 valence electrons. The van der Waals surface area contributed by atoms with Crippen LogP contribution in [0.1, 0.15) is 47.8 Å². The maximum atomic E-state index is 12.4. The standard InChI is InChI=1S/C30H34N4O5S/c1-4-22-20(16-32-21-12-10-19(11-13-21)18-40(36)37)8-7-9-25(22)34-29-23-14-27(38-5-2)28(39-6-3)15-26(23)33-17-24(29)30(31)35/h7-15,17,32H,4-6,16,18H2,1-3H3,(H2,31,35)(H,33,34)(H,36,37). The van der Waals surface area contributed by atoms with Crippen molar-refractivity contribution in [3.8, 4) is 11.5 Å². The molecule has 1 atom stereocenters. The number of carbonyl (C=O) groups is 1. The molecule has 0 aliphatic heterocycles. The summed E-state index contributed by atoms with van der Waals surface area (Å²) in [6.07, 6.45) is 2.23. The summed E-state index contributed by atoms with van der Waals surface area (Å²) in [5, 5.41) is 7.60. The predicted octanol–water partition coefficient (Wildman–Crippen LogP) is 5.77. The Kier molecular flexibility index (Phi) is 9.57. The molecule has 0 aliphatic carbocycles. The van der Waals surface area contributed by atoms with Crippen molar-refractivity contribution in [2.24, 2.45) is 5.73 Å². The van der Waals surface area contributed by atoms with E-state index >= 15 is 0 Å². The van der Waals surface area contributed by atoms with Crippen molar-refractivity contribution in [1.29, 1.82) is 0 Å². The van der Waals surface area contributed by atoms with Gasteiger partial charge in [0, 0.05) is 35.6 Å². The Morgan fingerprint density at radius 1 is 1.02 bits per heavy atom. The fourth-order valence-electron chi connectivity index (χ4n) is 4.59. The lowest BCUT2D eigenvalue weighted by molar-refractivity contribution is 0.100. The number of hydrogen-bond acceptors (Lipinski definition) is 7. The van der Waals surface area contributed by atoms with E-state index in [1.807, 2.05) is 62.4 Å². The average Bonchev–Trinajstić information content (AvgIpc) is 2.93. The first-order valence-electron chi connectivity index (χ1n) is 13.1. The molecule has 4 aromatic rings. The molecule has 3 aromatic carbocycles. The molecular formula is C30H34N4O5S. The number of amides is 1. The summed E-state index contributed by atoms with van der Waals surface area (Å²) >= 11 is -1.87. The van der Waals surface area contributed by atoms with E-state index in [9.17, 15) is 9.00 Å². The first-order valence-corrected chi connectivity index (χ1v) is 14.4. The highest BCUT2D eigenvalue weighted by Gasteiger charge is 2.18. The lowest BCUT2D eigenvalue weighted by Gasteiger charge is -2.20. The number of nitrogens with two attached hydrogens (primary N) is 1. The van der Waals surface area contributed by atoms with Crippen molar-refractivity contribution in [1.82, 2.24) is 4.98 Å². The largest absolute Gasteiger partial charge is 0.490 e. The molecule has 40 heavy (non-hydrogen) atoms. The van der Waals surface area contributed by atoms with Gasteiger partial charge in [-0.2, -0.15) is 0 Å². The second-order valence-corrected chi connectivity index (χ2v) is 9.96. The highest BCUT2D eigenvalue weighted by atomic mass is 32.2. The number of rotatable bonds is 13. The number of nitrogens with one attached hydrogen (secondary N) is 2. The molecular weight excluding hydrogens is 528 g/mol. The molecule has 0 bridgehead atoms. The number of aromatic nitrogens is 1. The van der Waals surface area contributed by atoms with Gasteiger partial charge in [0.05, 0.1) is 35.7 Å². The van der Waals surface area contributed by atoms with Crippen LogP contribution in [-0.2, 0) is 29.8 Å². The van der Waals surface area contributed by atoms with Crippen LogP contribution in [0.15, 0.2) is 60.8 Å². The monoisotopic (exact) mass is 562 g/mol. The van der Waals surface area contributed by atoms with Gasteiger partial charge in [-0.1, -0.05) is 31.2 Å². The summed E-state index contributed by atoms with van der Waals surface area (Å²) in [5.74, 6) is 0.660. The van der Waals surface area contributed by atoms with Gasteiger partial charge < -0.3 is 30.4 Å². The molecule has 5 N–H and O–H groups in total. The summed E-state index contributed by atoms with van der Waals surface area (Å²) in [4.78, 5) is 16.9. The molecule has 0 aliphatic rings. The number of carbonyl (C=O) groups excluding carboxylic acids is 1. The Morgan fingerprint density at radius 3 is 2.35 bits per heavy atom. The van der Waals surface area contributed by atoms with Crippen LogP contribution in [-0.4, -0.2) is 32.9 Å². The van der Waals surface area contributed by atoms with Gasteiger partial charge in [0.15, 0.2) is 22.6 Å². The third-order valence-corrected chi connectivity index (χ3v) is 6.99. The third-order valence-electron chi connectivity index (χ3n) is 6.41. The molecule has 1 amide bonds. The first kappa shape index (κ1) is 28.8. The lowest BCUT2D eigenvalue weighted by atomic mass is 10.0. The summed E-state index contributed by atoms with van der Waals surface area (Å²) < 4.78 is 31.8. The summed E-state index contributed by atoms with van der Waals surface area (Å²) in [6.45, 7) is 7.38. The van der Waals surface area contributed by atoms with Gasteiger partial charge in [0.1, 0.15) is 0 Å². The topological polar surface area (TPSA) is 136 Å². The minimum atomic E-state index is -1.87. The number of anilines is 3. The van der Waals surface area contributed by atoms with Crippen molar-refractivity contribution in [3.63, 3.8) is 0 Å². The SMILES string of the molecule is CCOc1cc2ncc(C(N)=O)c(Nc3cccc(CNc4ccc(CS(=O)O)cc4)c3CC)c2cc1OCC. The van der Waals surface area contributed by atoms with Gasteiger partial charge in [0.2, 0.25) is 0 Å². The Hall–Kier alpha value is -4.15. The highest BCUT2D eigenvalue weighted by Crippen LogP contribution is 2.38. The second-order valence-electron chi connectivity index (χ2n) is 9.03. The van der Waals surface area contributed by atoms with E-state index in [0.717, 1.165) is 34.5 Å². The quantitative estimate of drug-likeness (QED) is 0.151. The minimum Gasteiger partial charge on any atom is -0.490 e. The number of pyridine rings is 1. The van der Waals surface area contributed by atoms with E-state index in [4.69, 9.17) is 19.8 Å². The first-order chi connectivity index (χ1) is 19.3. The Bertz CT molecular complexity index is 1530. The number of benzene rings is 3. The Morgan fingerprint density at radius 2 is 1.73 bits per heavy atom. The second kappa shape index (κ2) is 13.3. The van der Waals surface area contributed by atoms with E-state index < -0.39 is 17.0 Å². The van der Waals surface area contributed by atoms with Crippen molar-refractivity contribution >= 4 is 45.0 Å². The molecule has 1 unspecified atom stereocenters. The number of primary amides is 1. The van der Waals surface area contributed by atoms with Gasteiger partial charge in [0.25, 0.3) is 5.91 Å². The molecule has 0 radical (unpaired) electrons. The zero-order chi connectivity index (χ0) is 28.6. The normalized spacial score (nSPS) is 11.7. The molecule has 9 nitrogen and oxygen atoms in total. The molecule has 4 rings (SSSR count). The molecule has 1 aromatic heterocycles. The molecule has 0 saturated carbocycles. The Balaban J connectivity index is 1.69. The number of nitrogens with zero attached hydrogens (tertiary/aromatic N) is 1. The number of fused-ring (bicyclic) bond motifs is 1. The number of hydrogen-bond donors (Lipinski definition) is 4. The molecule has 0 spiro atoms. The fraction of sp³-hybridized carbons (Fsp3) is 0.267. The summed E-state index contributed by atoms with van der Waals surface area (Å²) in [6, 6.07) is 17.1. The van der Waals surface area contributed by atoms with Crippen LogP contribution in [0.2, 0.25) is 0 Å². The van der Waals surface area contributed by atoms with Crippen molar-refractivity contribution in [2.75, 3.05) is 23.8 Å². The zero-order valence-electron chi connectivity index (χ0n) is 22.8. The van der Waals surface area contributed by atoms with E-state index in [-0.39, 0.29) is 11.3 Å². The molecule has 1 heterocycles. The van der Waals surface area contributed by atoms with E-state index in [2.05, 4.69) is 28.6 Å². The van der Waals surface area contributed by atoms with Gasteiger partial charge in [-0.3, -0.25) is 9.78 Å². The van der Waals surface area contributed by atoms with Crippen molar-refractivity contribution in [3.05, 3.63) is 83.0 Å². The van der Waals surface area contributed by atoms with Gasteiger partial charge in [-0.05, 0) is 61.2 Å². The third kappa shape index (κ3) is 6.70. The summed E-state index contributed by atoms with van der Waals surface area (Å²) in [7, 11) is 0. The lowest BCUT2D eigenvalue weighted by Crippen LogP contribution is -2.15. The smallest absolute Gasteiger partial charge is 0.252 e. The van der Waals surface area contributed by atoms with Gasteiger partial charge >= 0.3 is 0 Å². The maximum absolute atomic E-state index is 12.4. The van der Waals surface area contributed by atoms with E-state index in [1.54, 1.807) is 0 Å². The predicted molar refractivity (Wildman–Crippen MR) is 160 cm³/mol. The highest BCUT2D eigenvalue weighted by molar-refractivity contribution is 7.78. The zero-order valence-corrected chi connectivity index (χ0v) is 23.6. The van der Waals surface area contributed by atoms with Crippen LogP contribution < -0.4 is 25.8 Å². The van der Waals surface area contributed by atoms with Crippen LogP contribution in [0.4, 0.5) is 17.1 Å². The molecule has 0 fully saturated rings. The van der Waals surface area contributed by atoms with Gasteiger partial charge in [-0.15, -0.1) is 0 Å². The van der Waals surface area contributed by atoms with Gasteiger partial charge in [-0.25, -0.2) is 4.21 Å². The fourth-order valence-corrected chi connectivity index (χ4v) is 5.06. The molecule has 0 saturated heterocycles. The minimum absolute atomic E-state index is 0.101. The number of ether oxygens (including phenoxy) is 2. The van der Waals surface area contributed by atoms with Crippen LogP contribution in [0.25, 0.3) is 10.9 Å². The maximum Gasteiger partial charge on any atom is 0.252 e. The Labute approximate surface area is 236 Å². The van der Waals surface area contributed by atoms with E-state index in [0.29, 0.717) is 47.8 Å². The summed E-state index contributed by atoms with van der Waals surface area (Å²) in [5.41, 5.74) is 11.9. The van der Waals surface area contributed by atoms with Crippen LogP contribution in [0.3, 0.4) is 0 Å². The van der Waals surface area contributed by atoms with Crippen molar-refractivity contribution < 1.29 is 23.0 Å². The average molecular weight is 563 g/mol. The van der Waals surface area contributed by atoms with Crippen molar-refractivity contribution in [2.45, 2.75) is 39.5 Å². The van der Waals surface area contributed by atoms with Crippen LogP contribution in [0, 0.1) is 0 Å². The van der Waals surface area contributed by atoms with Crippen LogP contribution >= 0.6 is 0 Å². The van der Waals surface area contributed by atoms with E-state index in [1.165, 1.54) is 6.20 Å². The molecule has 10 heteroatoms.